The molecule has 98 valence electrons. The van der Waals surface area contributed by atoms with Crippen LogP contribution in [0.3, 0.4) is 0 Å². The molecule has 19 heavy (non-hydrogen) atoms. The Labute approximate surface area is 111 Å². The molecule has 0 saturated heterocycles. The van der Waals surface area contributed by atoms with Gasteiger partial charge in [-0.1, -0.05) is 30.3 Å². The Kier molecular flexibility index (Phi) is 4.51. The third-order valence-corrected chi connectivity index (χ3v) is 2.64. The van der Waals surface area contributed by atoms with Crippen LogP contribution in [-0.4, -0.2) is 17.2 Å². The van der Waals surface area contributed by atoms with E-state index < -0.39 is 12.9 Å². The summed E-state index contributed by atoms with van der Waals surface area (Å²) in [6, 6.07) is 13.8. The predicted molar refractivity (Wildman–Crippen MR) is 73.1 cm³/mol. The van der Waals surface area contributed by atoms with Crippen LogP contribution in [0.25, 0.3) is 0 Å². The van der Waals surface area contributed by atoms with Gasteiger partial charge in [0.25, 0.3) is 0 Å². The van der Waals surface area contributed by atoms with Crippen LogP contribution in [0.1, 0.15) is 5.56 Å². The van der Waals surface area contributed by atoms with Crippen LogP contribution >= 0.6 is 0 Å². The Balaban J connectivity index is 1.95. The van der Waals surface area contributed by atoms with Gasteiger partial charge in [0.05, 0.1) is 0 Å². The highest BCUT2D eigenvalue weighted by Gasteiger charge is 2.16. The molecule has 0 aromatic heterocycles. The second-order valence-corrected chi connectivity index (χ2v) is 4.07. The van der Waals surface area contributed by atoms with Gasteiger partial charge in [-0.2, -0.15) is 0 Å². The SMILES string of the molecule is OB(O)c1cc(CNNc2ccccc2)ccc1F. The summed E-state index contributed by atoms with van der Waals surface area (Å²) in [5, 5.41) is 18.0. The maximum atomic E-state index is 13.3. The van der Waals surface area contributed by atoms with Gasteiger partial charge in [-0.15, -0.1) is 0 Å². The van der Waals surface area contributed by atoms with Gasteiger partial charge in [0, 0.05) is 17.7 Å². The fourth-order valence-corrected chi connectivity index (χ4v) is 1.67. The molecule has 6 heteroatoms. The van der Waals surface area contributed by atoms with Crippen molar-refractivity contribution in [3.8, 4) is 0 Å². The molecule has 2 aromatic rings. The third kappa shape index (κ3) is 3.79. The van der Waals surface area contributed by atoms with E-state index >= 15 is 0 Å². The van der Waals surface area contributed by atoms with E-state index in [-0.39, 0.29) is 5.46 Å². The molecule has 4 nitrogen and oxygen atoms in total. The number of benzene rings is 2. The highest BCUT2D eigenvalue weighted by Crippen LogP contribution is 2.04. The van der Waals surface area contributed by atoms with Gasteiger partial charge in [0.15, 0.2) is 0 Å². The number of halogens is 1. The number of hydrazine groups is 1. The summed E-state index contributed by atoms with van der Waals surface area (Å²) in [6.07, 6.45) is 0. The van der Waals surface area contributed by atoms with Crippen molar-refractivity contribution >= 4 is 18.3 Å². The van der Waals surface area contributed by atoms with Crippen LogP contribution in [0, 0.1) is 5.82 Å². The van der Waals surface area contributed by atoms with Crippen molar-refractivity contribution in [2.24, 2.45) is 0 Å². The van der Waals surface area contributed by atoms with Crippen molar-refractivity contribution in [1.82, 2.24) is 5.43 Å². The molecule has 0 saturated carbocycles. The molecule has 0 heterocycles. The van der Waals surface area contributed by atoms with Crippen molar-refractivity contribution in [2.45, 2.75) is 6.54 Å². The first-order valence-electron chi connectivity index (χ1n) is 5.85. The zero-order chi connectivity index (χ0) is 13.7. The second kappa shape index (κ2) is 6.33. The molecule has 4 N–H and O–H groups in total. The van der Waals surface area contributed by atoms with Crippen LogP contribution in [0.5, 0.6) is 0 Å². The lowest BCUT2D eigenvalue weighted by Crippen LogP contribution is -2.33. The van der Waals surface area contributed by atoms with Gasteiger partial charge in [0.1, 0.15) is 5.82 Å². The molecule has 0 fully saturated rings. The first kappa shape index (κ1) is 13.5. The van der Waals surface area contributed by atoms with Crippen LogP contribution in [0.4, 0.5) is 10.1 Å². The zero-order valence-electron chi connectivity index (χ0n) is 10.2. The molecule has 0 atom stereocenters. The first-order chi connectivity index (χ1) is 9.16. The molecule has 2 rings (SSSR count). The molecule has 0 spiro atoms. The normalized spacial score (nSPS) is 10.3. The Bertz CT molecular complexity index is 537. The lowest BCUT2D eigenvalue weighted by atomic mass is 9.79. The molecule has 0 aliphatic heterocycles. The highest BCUT2D eigenvalue weighted by atomic mass is 19.1. The average Bonchev–Trinajstić information content (AvgIpc) is 2.41. The van der Waals surface area contributed by atoms with Gasteiger partial charge in [-0.25, -0.2) is 9.82 Å². The van der Waals surface area contributed by atoms with Gasteiger partial charge >= 0.3 is 7.12 Å². The minimum absolute atomic E-state index is 0.126. The van der Waals surface area contributed by atoms with E-state index in [9.17, 15) is 4.39 Å². The van der Waals surface area contributed by atoms with Crippen LogP contribution < -0.4 is 16.3 Å². The molecular formula is C13H14BFN2O2. The van der Waals surface area contributed by atoms with E-state index in [4.69, 9.17) is 10.0 Å². The number of nitrogens with one attached hydrogen (secondary N) is 2. The minimum Gasteiger partial charge on any atom is -0.423 e. The summed E-state index contributed by atoms with van der Waals surface area (Å²) >= 11 is 0. The lowest BCUT2D eigenvalue weighted by molar-refractivity contribution is 0.423. The van der Waals surface area contributed by atoms with Gasteiger partial charge < -0.3 is 15.5 Å². The van der Waals surface area contributed by atoms with E-state index in [2.05, 4.69) is 10.9 Å². The van der Waals surface area contributed by atoms with Crippen LogP contribution in [0.2, 0.25) is 0 Å². The molecule has 0 aliphatic rings. The first-order valence-corrected chi connectivity index (χ1v) is 5.85. The molecular weight excluding hydrogens is 246 g/mol. The Morgan fingerprint density at radius 2 is 1.79 bits per heavy atom. The molecule has 0 unspecified atom stereocenters. The molecule has 0 aliphatic carbocycles. The number of hydrogen-bond acceptors (Lipinski definition) is 4. The molecule has 0 bridgehead atoms. The summed E-state index contributed by atoms with van der Waals surface area (Å²) < 4.78 is 13.3. The Hall–Kier alpha value is -1.89. The topological polar surface area (TPSA) is 64.5 Å². The number of para-hydroxylation sites is 1. The van der Waals surface area contributed by atoms with E-state index in [0.717, 1.165) is 11.3 Å². The summed E-state index contributed by atoms with van der Waals surface area (Å²) in [5.74, 6) is -0.630. The molecule has 0 amide bonds. The minimum atomic E-state index is -1.80. The summed E-state index contributed by atoms with van der Waals surface area (Å²) in [6.45, 7) is 0.425. The van der Waals surface area contributed by atoms with Crippen molar-refractivity contribution < 1.29 is 14.4 Å². The van der Waals surface area contributed by atoms with E-state index in [1.165, 1.54) is 12.1 Å². The van der Waals surface area contributed by atoms with Crippen molar-refractivity contribution in [3.05, 3.63) is 59.9 Å². The van der Waals surface area contributed by atoms with Crippen LogP contribution in [0.15, 0.2) is 48.5 Å². The smallest absolute Gasteiger partial charge is 0.423 e. The van der Waals surface area contributed by atoms with Crippen molar-refractivity contribution in [1.29, 1.82) is 0 Å². The number of anilines is 1. The maximum absolute atomic E-state index is 13.3. The Morgan fingerprint density at radius 1 is 1.05 bits per heavy atom. The fraction of sp³-hybridized carbons (Fsp3) is 0.0769. The van der Waals surface area contributed by atoms with Gasteiger partial charge in [0.2, 0.25) is 0 Å². The van der Waals surface area contributed by atoms with E-state index in [0.29, 0.717) is 6.54 Å². The molecule has 0 radical (unpaired) electrons. The largest absolute Gasteiger partial charge is 0.491 e. The zero-order valence-corrected chi connectivity index (χ0v) is 10.2. The van der Waals surface area contributed by atoms with Crippen LogP contribution in [-0.2, 0) is 6.54 Å². The lowest BCUT2D eigenvalue weighted by Gasteiger charge is -2.10. The number of rotatable bonds is 5. The highest BCUT2D eigenvalue weighted by molar-refractivity contribution is 6.58. The molecule has 2 aromatic carbocycles. The summed E-state index contributed by atoms with van der Waals surface area (Å²) in [7, 11) is -1.80. The average molecular weight is 260 g/mol. The monoisotopic (exact) mass is 260 g/mol. The maximum Gasteiger partial charge on any atom is 0.491 e. The summed E-state index contributed by atoms with van der Waals surface area (Å²) in [5.41, 5.74) is 7.48. The standard InChI is InChI=1S/C13H14BFN2O2/c15-13-7-6-10(8-12(13)14(18)19)9-16-17-11-4-2-1-3-5-11/h1-8,16-19H,9H2. The predicted octanol–water partition coefficient (Wildman–Crippen LogP) is 0.622. The van der Waals surface area contributed by atoms with E-state index in [1.54, 1.807) is 6.07 Å². The quantitative estimate of drug-likeness (QED) is 0.470. The second-order valence-electron chi connectivity index (χ2n) is 4.07. The fourth-order valence-electron chi connectivity index (χ4n) is 1.67. The van der Waals surface area contributed by atoms with Crippen molar-refractivity contribution in [2.75, 3.05) is 5.43 Å². The van der Waals surface area contributed by atoms with Crippen molar-refractivity contribution in [3.63, 3.8) is 0 Å². The summed E-state index contributed by atoms with van der Waals surface area (Å²) in [4.78, 5) is 0. The Morgan fingerprint density at radius 3 is 2.47 bits per heavy atom. The third-order valence-electron chi connectivity index (χ3n) is 2.64. The van der Waals surface area contributed by atoms with Gasteiger partial charge in [-0.3, -0.25) is 0 Å². The van der Waals surface area contributed by atoms with Gasteiger partial charge in [-0.05, 0) is 23.8 Å². The number of hydrogen-bond donors (Lipinski definition) is 4. The van der Waals surface area contributed by atoms with E-state index in [1.807, 2.05) is 30.3 Å².